The minimum atomic E-state index is -0.518. The summed E-state index contributed by atoms with van der Waals surface area (Å²) in [5.74, 6) is 0.685. The zero-order chi connectivity index (χ0) is 18.5. The van der Waals surface area contributed by atoms with Gasteiger partial charge in [-0.1, -0.05) is 24.3 Å². The van der Waals surface area contributed by atoms with E-state index in [1.54, 1.807) is 24.1 Å². The molecule has 26 heavy (non-hydrogen) atoms. The van der Waals surface area contributed by atoms with Crippen molar-refractivity contribution in [2.24, 2.45) is 0 Å². The smallest absolute Gasteiger partial charge is 0.310 e. The molecule has 3 rings (SSSR count). The summed E-state index contributed by atoms with van der Waals surface area (Å²) in [7, 11) is 1.61. The second kappa shape index (κ2) is 7.86. The predicted molar refractivity (Wildman–Crippen MR) is 95.2 cm³/mol. The van der Waals surface area contributed by atoms with Crippen LogP contribution in [0, 0.1) is 10.1 Å². The topological polar surface area (TPSA) is 81.9 Å². The maximum absolute atomic E-state index is 12.6. The summed E-state index contributed by atoms with van der Waals surface area (Å²) in [6.45, 7) is 0.255. The first-order chi connectivity index (χ1) is 12.6. The second-order valence-electron chi connectivity index (χ2n) is 6.11. The highest BCUT2D eigenvalue weighted by Crippen LogP contribution is 2.30. The van der Waals surface area contributed by atoms with Gasteiger partial charge >= 0.3 is 5.69 Å². The summed E-state index contributed by atoms with van der Waals surface area (Å²) in [5, 5.41) is 11.0. The molecule has 1 aliphatic rings. The lowest BCUT2D eigenvalue weighted by atomic mass is 10.2. The van der Waals surface area contributed by atoms with Gasteiger partial charge in [0, 0.05) is 18.7 Å². The van der Waals surface area contributed by atoms with Crippen LogP contribution < -0.4 is 9.47 Å². The molecule has 7 heteroatoms. The number of amides is 1. The highest BCUT2D eigenvalue weighted by atomic mass is 16.6. The minimum absolute atomic E-state index is 0.103. The summed E-state index contributed by atoms with van der Waals surface area (Å²) in [6, 6.07) is 13.8. The van der Waals surface area contributed by atoms with Crippen LogP contribution in [0.4, 0.5) is 5.69 Å². The number of benzene rings is 2. The molecule has 0 spiro atoms. The van der Waals surface area contributed by atoms with E-state index in [1.165, 1.54) is 12.1 Å². The summed E-state index contributed by atoms with van der Waals surface area (Å²) < 4.78 is 10.6. The Morgan fingerprint density at radius 3 is 2.50 bits per heavy atom. The molecule has 0 unspecified atom stereocenters. The van der Waals surface area contributed by atoms with Crippen LogP contribution in [-0.2, 0) is 11.3 Å². The Labute approximate surface area is 151 Å². The second-order valence-corrected chi connectivity index (χ2v) is 6.11. The van der Waals surface area contributed by atoms with E-state index >= 15 is 0 Å². The largest absolute Gasteiger partial charge is 0.497 e. The lowest BCUT2D eigenvalue weighted by Gasteiger charge is -2.22. The Kier molecular flexibility index (Phi) is 5.36. The van der Waals surface area contributed by atoms with Crippen LogP contribution in [0.2, 0.25) is 0 Å². The van der Waals surface area contributed by atoms with Gasteiger partial charge in [-0.3, -0.25) is 14.9 Å². The van der Waals surface area contributed by atoms with Gasteiger partial charge in [-0.2, -0.15) is 0 Å². The Hall–Kier alpha value is -3.09. The number of hydrogen-bond donors (Lipinski definition) is 0. The van der Waals surface area contributed by atoms with Crippen LogP contribution in [0.1, 0.15) is 18.4 Å². The number of carbonyl (C=O) groups excluding carboxylic acids is 1. The molecule has 1 aliphatic carbocycles. The van der Waals surface area contributed by atoms with Gasteiger partial charge in [0.2, 0.25) is 0 Å². The lowest BCUT2D eigenvalue weighted by Crippen LogP contribution is -2.36. The fourth-order valence-electron chi connectivity index (χ4n) is 2.69. The van der Waals surface area contributed by atoms with Crippen LogP contribution in [0.15, 0.2) is 48.5 Å². The number of carbonyl (C=O) groups is 1. The first-order valence-electron chi connectivity index (χ1n) is 8.37. The number of nitro benzene ring substituents is 1. The molecule has 136 valence electrons. The average Bonchev–Trinajstić information content (AvgIpc) is 3.50. The number of ether oxygens (including phenoxy) is 2. The van der Waals surface area contributed by atoms with Crippen molar-refractivity contribution in [2.45, 2.75) is 25.4 Å². The molecular formula is C19H20N2O5. The van der Waals surface area contributed by atoms with Crippen molar-refractivity contribution in [3.63, 3.8) is 0 Å². The number of hydrogen-bond acceptors (Lipinski definition) is 5. The molecule has 0 atom stereocenters. The van der Waals surface area contributed by atoms with Gasteiger partial charge in [0.05, 0.1) is 12.0 Å². The van der Waals surface area contributed by atoms with Crippen molar-refractivity contribution in [1.29, 1.82) is 0 Å². The van der Waals surface area contributed by atoms with Crippen LogP contribution >= 0.6 is 0 Å². The van der Waals surface area contributed by atoms with Gasteiger partial charge in [-0.15, -0.1) is 0 Å². The predicted octanol–water partition coefficient (Wildman–Crippen LogP) is 3.17. The van der Waals surface area contributed by atoms with Crippen molar-refractivity contribution in [2.75, 3.05) is 13.7 Å². The first kappa shape index (κ1) is 17.7. The van der Waals surface area contributed by atoms with E-state index in [0.29, 0.717) is 6.54 Å². The van der Waals surface area contributed by atoms with Gasteiger partial charge in [-0.05, 0) is 36.6 Å². The van der Waals surface area contributed by atoms with Crippen LogP contribution in [0.3, 0.4) is 0 Å². The van der Waals surface area contributed by atoms with E-state index in [0.717, 1.165) is 24.2 Å². The van der Waals surface area contributed by atoms with Gasteiger partial charge in [0.15, 0.2) is 12.4 Å². The van der Waals surface area contributed by atoms with Crippen LogP contribution in [0.5, 0.6) is 11.5 Å². The third-order valence-corrected chi connectivity index (χ3v) is 4.23. The molecule has 0 radical (unpaired) electrons. The first-order valence-corrected chi connectivity index (χ1v) is 8.37. The van der Waals surface area contributed by atoms with Crippen molar-refractivity contribution in [3.8, 4) is 11.5 Å². The van der Waals surface area contributed by atoms with Crippen molar-refractivity contribution < 1.29 is 19.2 Å². The molecule has 2 aromatic rings. The van der Waals surface area contributed by atoms with Crippen molar-refractivity contribution in [1.82, 2.24) is 4.90 Å². The van der Waals surface area contributed by atoms with Crippen molar-refractivity contribution >= 4 is 11.6 Å². The zero-order valence-electron chi connectivity index (χ0n) is 14.5. The number of methoxy groups -OCH3 is 1. The molecule has 0 aliphatic heterocycles. The van der Waals surface area contributed by atoms with E-state index in [4.69, 9.17) is 9.47 Å². The number of para-hydroxylation sites is 2. The Morgan fingerprint density at radius 1 is 1.19 bits per heavy atom. The third kappa shape index (κ3) is 4.30. The molecule has 0 aromatic heterocycles. The monoisotopic (exact) mass is 356 g/mol. The molecule has 0 bridgehead atoms. The lowest BCUT2D eigenvalue weighted by molar-refractivity contribution is -0.385. The zero-order valence-corrected chi connectivity index (χ0v) is 14.5. The average molecular weight is 356 g/mol. The SMILES string of the molecule is COc1ccc(CN(C(=O)COc2ccccc2[N+](=O)[O-])C2CC2)cc1. The summed E-state index contributed by atoms with van der Waals surface area (Å²) in [5.41, 5.74) is 0.852. The third-order valence-electron chi connectivity index (χ3n) is 4.23. The Bertz CT molecular complexity index is 787. The van der Waals surface area contributed by atoms with E-state index in [2.05, 4.69) is 0 Å². The number of nitro groups is 1. The molecule has 0 N–H and O–H groups in total. The van der Waals surface area contributed by atoms with Gasteiger partial charge in [-0.25, -0.2) is 0 Å². The minimum Gasteiger partial charge on any atom is -0.497 e. The van der Waals surface area contributed by atoms with E-state index < -0.39 is 4.92 Å². The summed E-state index contributed by atoms with van der Waals surface area (Å²) >= 11 is 0. The summed E-state index contributed by atoms with van der Waals surface area (Å²) in [6.07, 6.45) is 1.93. The van der Waals surface area contributed by atoms with E-state index in [1.807, 2.05) is 24.3 Å². The molecule has 0 heterocycles. The standard InChI is InChI=1S/C19H20N2O5/c1-25-16-10-6-14(7-11-16)12-20(15-8-9-15)19(22)13-26-18-5-3-2-4-17(18)21(23)24/h2-7,10-11,15H,8-9,12-13H2,1H3. The Morgan fingerprint density at radius 2 is 1.88 bits per heavy atom. The maximum Gasteiger partial charge on any atom is 0.310 e. The Balaban J connectivity index is 1.65. The fraction of sp³-hybridized carbons (Fsp3) is 0.316. The highest BCUT2D eigenvalue weighted by Gasteiger charge is 2.33. The van der Waals surface area contributed by atoms with E-state index in [9.17, 15) is 14.9 Å². The molecule has 1 saturated carbocycles. The van der Waals surface area contributed by atoms with Gasteiger partial charge < -0.3 is 14.4 Å². The fourth-order valence-corrected chi connectivity index (χ4v) is 2.69. The number of nitrogens with zero attached hydrogens (tertiary/aromatic N) is 2. The van der Waals surface area contributed by atoms with Gasteiger partial charge in [0.1, 0.15) is 5.75 Å². The quantitative estimate of drug-likeness (QED) is 0.536. The normalized spacial score (nSPS) is 13.1. The molecule has 1 fully saturated rings. The molecule has 2 aromatic carbocycles. The highest BCUT2D eigenvalue weighted by molar-refractivity contribution is 5.78. The van der Waals surface area contributed by atoms with Gasteiger partial charge in [0.25, 0.3) is 5.91 Å². The van der Waals surface area contributed by atoms with Crippen LogP contribution in [-0.4, -0.2) is 35.5 Å². The number of rotatable bonds is 8. The van der Waals surface area contributed by atoms with E-state index in [-0.39, 0.29) is 30.0 Å². The molecule has 7 nitrogen and oxygen atoms in total. The maximum atomic E-state index is 12.6. The molecule has 1 amide bonds. The van der Waals surface area contributed by atoms with Crippen LogP contribution in [0.25, 0.3) is 0 Å². The van der Waals surface area contributed by atoms with Crippen molar-refractivity contribution in [3.05, 3.63) is 64.2 Å². The summed E-state index contributed by atoms with van der Waals surface area (Å²) in [4.78, 5) is 24.9. The molecule has 0 saturated heterocycles. The molecular weight excluding hydrogens is 336 g/mol.